The molecule has 1 fully saturated rings. The van der Waals surface area contributed by atoms with E-state index in [1.54, 1.807) is 11.0 Å². The molecule has 1 aromatic rings. The molecular weight excluding hydrogens is 313 g/mol. The number of amides is 1. The van der Waals surface area contributed by atoms with Crippen LogP contribution < -0.4 is 0 Å². The van der Waals surface area contributed by atoms with E-state index in [0.29, 0.717) is 17.7 Å². The third-order valence-corrected chi connectivity index (χ3v) is 4.26. The fourth-order valence-electron chi connectivity index (χ4n) is 3.26. The van der Waals surface area contributed by atoms with E-state index in [0.717, 1.165) is 12.8 Å². The highest BCUT2D eigenvalue weighted by Gasteiger charge is 2.38. The van der Waals surface area contributed by atoms with Crippen LogP contribution in [0.1, 0.15) is 50.7 Å². The van der Waals surface area contributed by atoms with E-state index in [1.165, 1.54) is 12.1 Å². The van der Waals surface area contributed by atoms with Crippen LogP contribution in [0.5, 0.6) is 0 Å². The summed E-state index contributed by atoms with van der Waals surface area (Å²) in [5.41, 5.74) is 0.511. The first-order chi connectivity index (χ1) is 11.3. The van der Waals surface area contributed by atoms with E-state index in [-0.39, 0.29) is 25.2 Å². The van der Waals surface area contributed by atoms with E-state index in [9.17, 15) is 19.4 Å². The lowest BCUT2D eigenvalue weighted by Gasteiger charge is -2.33. The average Bonchev–Trinajstić information content (AvgIpc) is 2.97. The smallest absolute Gasteiger partial charge is 0.410 e. The number of nitrogens with zero attached hydrogens (tertiary/aromatic N) is 1. The molecule has 0 aliphatic carbocycles. The largest absolute Gasteiger partial charge is 0.444 e. The van der Waals surface area contributed by atoms with Crippen molar-refractivity contribution in [3.63, 3.8) is 0 Å². The molecule has 0 bridgehead atoms. The number of hydrogen-bond donors (Lipinski definition) is 2. The summed E-state index contributed by atoms with van der Waals surface area (Å²) in [6, 6.07) is 3.92. The second-order valence-electron chi connectivity index (χ2n) is 7.17. The lowest BCUT2D eigenvalue weighted by atomic mass is 9.87. The summed E-state index contributed by atoms with van der Waals surface area (Å²) in [7, 11) is 0. The van der Waals surface area contributed by atoms with Gasteiger partial charge in [-0.25, -0.2) is 9.18 Å². The molecule has 134 valence electrons. The number of aliphatic hydroxyl groups excluding tert-OH is 2. The minimum absolute atomic E-state index is 0.192. The number of ether oxygens (including phenoxy) is 1. The molecule has 24 heavy (non-hydrogen) atoms. The Morgan fingerprint density at radius 1 is 1.42 bits per heavy atom. The van der Waals surface area contributed by atoms with Gasteiger partial charge in [0.1, 0.15) is 11.4 Å². The molecule has 1 unspecified atom stereocenters. The normalized spacial score (nSPS) is 19.4. The van der Waals surface area contributed by atoms with Gasteiger partial charge in [-0.15, -0.1) is 0 Å². The number of carbonyl (C=O) groups is 1. The Morgan fingerprint density at radius 3 is 2.71 bits per heavy atom. The van der Waals surface area contributed by atoms with Crippen LogP contribution in [-0.2, 0) is 11.3 Å². The summed E-state index contributed by atoms with van der Waals surface area (Å²) in [4.78, 5) is 14.1. The zero-order valence-electron chi connectivity index (χ0n) is 14.5. The fraction of sp³-hybridized carbons (Fsp3) is 0.611. The van der Waals surface area contributed by atoms with Crippen LogP contribution in [0.25, 0.3) is 0 Å². The van der Waals surface area contributed by atoms with Crippen LogP contribution in [0.3, 0.4) is 0 Å². The highest BCUT2D eigenvalue weighted by molar-refractivity contribution is 5.69. The van der Waals surface area contributed by atoms with Gasteiger partial charge in [0.25, 0.3) is 0 Å². The van der Waals surface area contributed by atoms with Crippen LogP contribution in [0.15, 0.2) is 18.2 Å². The number of aliphatic hydroxyl groups is 2. The Balaban J connectivity index is 2.27. The van der Waals surface area contributed by atoms with Crippen LogP contribution in [0.4, 0.5) is 9.18 Å². The fourth-order valence-corrected chi connectivity index (χ4v) is 3.26. The van der Waals surface area contributed by atoms with Gasteiger partial charge in [0, 0.05) is 18.5 Å². The monoisotopic (exact) mass is 339 g/mol. The molecule has 6 heteroatoms. The molecule has 0 aromatic heterocycles. The van der Waals surface area contributed by atoms with Gasteiger partial charge in [-0.05, 0) is 56.9 Å². The summed E-state index contributed by atoms with van der Waals surface area (Å²) in [6.07, 6.45) is 1.14. The van der Waals surface area contributed by atoms with Crippen molar-refractivity contribution >= 4 is 6.09 Å². The van der Waals surface area contributed by atoms with Crippen LogP contribution in [0, 0.1) is 5.82 Å². The molecular formula is C18H26FNO4. The van der Waals surface area contributed by atoms with Gasteiger partial charge in [0.2, 0.25) is 0 Å². The molecule has 1 aliphatic rings. The molecule has 2 N–H and O–H groups in total. The van der Waals surface area contributed by atoms with Gasteiger partial charge in [-0.3, -0.25) is 0 Å². The van der Waals surface area contributed by atoms with Crippen molar-refractivity contribution in [1.29, 1.82) is 0 Å². The third-order valence-electron chi connectivity index (χ3n) is 4.26. The Labute approximate surface area is 142 Å². The third kappa shape index (κ3) is 4.24. The van der Waals surface area contributed by atoms with Gasteiger partial charge in [-0.2, -0.15) is 0 Å². The maximum atomic E-state index is 13.4. The van der Waals surface area contributed by atoms with Gasteiger partial charge in [0.15, 0.2) is 0 Å². The van der Waals surface area contributed by atoms with Gasteiger partial charge in [-0.1, -0.05) is 6.07 Å². The molecule has 5 nitrogen and oxygen atoms in total. The van der Waals surface area contributed by atoms with Crippen molar-refractivity contribution in [3.8, 4) is 0 Å². The average molecular weight is 339 g/mol. The number of rotatable bonds is 4. The maximum Gasteiger partial charge on any atom is 0.410 e. The zero-order chi connectivity index (χ0) is 17.9. The lowest BCUT2D eigenvalue weighted by molar-refractivity contribution is 0.0187. The second-order valence-corrected chi connectivity index (χ2v) is 7.17. The number of benzene rings is 1. The molecule has 1 amide bonds. The summed E-state index contributed by atoms with van der Waals surface area (Å²) in [6.45, 7) is 5.48. The number of carbonyl (C=O) groups excluding carboxylic acids is 1. The van der Waals surface area contributed by atoms with Gasteiger partial charge < -0.3 is 19.8 Å². The van der Waals surface area contributed by atoms with E-state index in [2.05, 4.69) is 0 Å². The van der Waals surface area contributed by atoms with E-state index >= 15 is 0 Å². The molecule has 1 aliphatic heterocycles. The Hall–Kier alpha value is -1.66. The minimum Gasteiger partial charge on any atom is -0.444 e. The SMILES string of the molecule is CC(C)(C)OC(=O)N1CCC[C@@H]1C(CO)c1ccc(F)cc1CO. The molecule has 2 atom stereocenters. The summed E-state index contributed by atoms with van der Waals surface area (Å²) < 4.78 is 18.9. The first-order valence-electron chi connectivity index (χ1n) is 8.26. The summed E-state index contributed by atoms with van der Waals surface area (Å²) in [5, 5.41) is 19.4. The Morgan fingerprint density at radius 2 is 2.12 bits per heavy atom. The minimum atomic E-state index is -0.592. The molecule has 1 heterocycles. The van der Waals surface area contributed by atoms with Crippen molar-refractivity contribution in [2.24, 2.45) is 0 Å². The van der Waals surface area contributed by atoms with Crippen molar-refractivity contribution < 1.29 is 24.1 Å². The molecule has 2 rings (SSSR count). The number of halogens is 1. The van der Waals surface area contributed by atoms with Gasteiger partial charge in [0.05, 0.1) is 13.2 Å². The lowest BCUT2D eigenvalue weighted by Crippen LogP contribution is -2.43. The van der Waals surface area contributed by atoms with Crippen molar-refractivity contribution in [1.82, 2.24) is 4.90 Å². The summed E-state index contributed by atoms with van der Waals surface area (Å²) >= 11 is 0. The van der Waals surface area contributed by atoms with Crippen molar-refractivity contribution in [2.45, 2.75) is 57.8 Å². The maximum absolute atomic E-state index is 13.4. The van der Waals surface area contributed by atoms with E-state index < -0.39 is 17.5 Å². The topological polar surface area (TPSA) is 70.0 Å². The van der Waals surface area contributed by atoms with E-state index in [1.807, 2.05) is 20.8 Å². The molecule has 1 aromatic carbocycles. The Kier molecular flexibility index (Phi) is 5.83. The second kappa shape index (κ2) is 7.49. The first kappa shape index (κ1) is 18.7. The van der Waals surface area contributed by atoms with E-state index in [4.69, 9.17) is 4.74 Å². The quantitative estimate of drug-likeness (QED) is 0.885. The van der Waals surface area contributed by atoms with Crippen LogP contribution in [-0.4, -0.2) is 46.0 Å². The summed E-state index contributed by atoms with van der Waals surface area (Å²) in [5.74, 6) is -0.822. The van der Waals surface area contributed by atoms with Crippen molar-refractivity contribution in [3.05, 3.63) is 35.1 Å². The standard InChI is InChI=1S/C18H26FNO4/c1-18(2,3)24-17(23)20-8-4-5-16(20)15(11-22)14-7-6-13(19)9-12(14)10-21/h6-7,9,15-16,21-22H,4-5,8,10-11H2,1-3H3/t15?,16-/m1/s1. The number of likely N-dealkylation sites (tertiary alicyclic amines) is 1. The highest BCUT2D eigenvalue weighted by atomic mass is 19.1. The number of hydrogen-bond acceptors (Lipinski definition) is 4. The predicted molar refractivity (Wildman–Crippen MR) is 88.1 cm³/mol. The first-order valence-corrected chi connectivity index (χ1v) is 8.26. The predicted octanol–water partition coefficient (Wildman–Crippen LogP) is 2.79. The molecule has 1 saturated heterocycles. The zero-order valence-corrected chi connectivity index (χ0v) is 14.5. The highest BCUT2D eigenvalue weighted by Crippen LogP contribution is 2.34. The molecule has 0 radical (unpaired) electrons. The van der Waals surface area contributed by atoms with Gasteiger partial charge >= 0.3 is 6.09 Å². The molecule has 0 saturated carbocycles. The molecule has 0 spiro atoms. The van der Waals surface area contributed by atoms with Crippen molar-refractivity contribution in [2.75, 3.05) is 13.2 Å². The Bertz CT molecular complexity index is 585. The van der Waals surface area contributed by atoms with Crippen LogP contribution in [0.2, 0.25) is 0 Å². The van der Waals surface area contributed by atoms with Crippen LogP contribution >= 0.6 is 0 Å².